The van der Waals surface area contributed by atoms with Gasteiger partial charge in [-0.1, -0.05) is 6.07 Å². The fourth-order valence-corrected chi connectivity index (χ4v) is 3.25. The van der Waals surface area contributed by atoms with Gasteiger partial charge in [0.05, 0.1) is 7.11 Å². The second-order valence-electron chi connectivity index (χ2n) is 6.45. The topological polar surface area (TPSA) is 73.1 Å². The molecule has 7 heteroatoms. The maximum Gasteiger partial charge on any atom is 0.274 e. The van der Waals surface area contributed by atoms with Gasteiger partial charge in [-0.05, 0) is 37.5 Å². The molecule has 0 saturated carbocycles. The highest BCUT2D eigenvalue weighted by atomic mass is 16.5. The van der Waals surface area contributed by atoms with Crippen molar-refractivity contribution < 1.29 is 9.53 Å². The van der Waals surface area contributed by atoms with Gasteiger partial charge in [0.25, 0.3) is 5.91 Å². The maximum atomic E-state index is 12.9. The summed E-state index contributed by atoms with van der Waals surface area (Å²) in [6.45, 7) is 1.57. The standard InChI is InChI=1S/C20H21N5O2/c1-27-18-9-8-15(13-22-18)19-23-16(20(26)24-11-5-2-6-12-24)14-25(19)17-7-3-4-10-21-17/h3-4,7-10,13-14H,2,5-6,11-12H2,1H3. The maximum absolute atomic E-state index is 12.9. The van der Waals surface area contributed by atoms with Crippen LogP contribution in [0, 0.1) is 0 Å². The average molecular weight is 363 g/mol. The van der Waals surface area contributed by atoms with Gasteiger partial charge in [0, 0.05) is 43.3 Å². The van der Waals surface area contributed by atoms with Gasteiger partial charge >= 0.3 is 0 Å². The van der Waals surface area contributed by atoms with E-state index in [1.165, 1.54) is 6.42 Å². The lowest BCUT2D eigenvalue weighted by molar-refractivity contribution is 0.0719. The monoisotopic (exact) mass is 363 g/mol. The van der Waals surface area contributed by atoms with Gasteiger partial charge in [-0.25, -0.2) is 15.0 Å². The predicted octanol–water partition coefficient (Wildman–Crippen LogP) is 2.96. The summed E-state index contributed by atoms with van der Waals surface area (Å²) in [5.41, 5.74) is 1.22. The summed E-state index contributed by atoms with van der Waals surface area (Å²) < 4.78 is 6.97. The summed E-state index contributed by atoms with van der Waals surface area (Å²) in [6, 6.07) is 9.30. The first kappa shape index (κ1) is 17.2. The summed E-state index contributed by atoms with van der Waals surface area (Å²) >= 11 is 0. The van der Waals surface area contributed by atoms with E-state index < -0.39 is 0 Å². The highest BCUT2D eigenvalue weighted by Crippen LogP contribution is 2.24. The number of hydrogen-bond acceptors (Lipinski definition) is 5. The Kier molecular flexibility index (Phi) is 4.82. The Balaban J connectivity index is 1.75. The molecule has 1 aliphatic rings. The van der Waals surface area contributed by atoms with Crippen molar-refractivity contribution in [1.82, 2.24) is 24.4 Å². The molecule has 0 N–H and O–H groups in total. The predicted molar refractivity (Wildman–Crippen MR) is 101 cm³/mol. The third-order valence-corrected chi connectivity index (χ3v) is 4.67. The Morgan fingerprint density at radius 3 is 2.59 bits per heavy atom. The van der Waals surface area contributed by atoms with E-state index in [0.717, 1.165) is 31.5 Å². The van der Waals surface area contributed by atoms with Crippen LogP contribution < -0.4 is 4.74 Å². The lowest BCUT2D eigenvalue weighted by Crippen LogP contribution is -2.35. The number of imidazole rings is 1. The second kappa shape index (κ2) is 7.57. The Bertz CT molecular complexity index is 915. The number of rotatable bonds is 4. The molecule has 1 aliphatic heterocycles. The molecule has 0 unspecified atom stereocenters. The molecule has 7 nitrogen and oxygen atoms in total. The zero-order valence-corrected chi connectivity index (χ0v) is 15.2. The van der Waals surface area contributed by atoms with E-state index in [2.05, 4.69) is 15.0 Å². The van der Waals surface area contributed by atoms with Crippen LogP contribution in [0.3, 0.4) is 0 Å². The van der Waals surface area contributed by atoms with Crippen molar-refractivity contribution in [3.8, 4) is 23.1 Å². The number of methoxy groups -OCH3 is 1. The first-order valence-electron chi connectivity index (χ1n) is 9.07. The summed E-state index contributed by atoms with van der Waals surface area (Å²) in [7, 11) is 1.58. The first-order valence-corrected chi connectivity index (χ1v) is 9.07. The Labute approximate surface area is 157 Å². The smallest absolute Gasteiger partial charge is 0.274 e. The normalized spacial score (nSPS) is 14.2. The van der Waals surface area contributed by atoms with E-state index >= 15 is 0 Å². The van der Waals surface area contributed by atoms with Crippen LogP contribution in [0.15, 0.2) is 48.9 Å². The van der Waals surface area contributed by atoms with Crippen LogP contribution in [-0.2, 0) is 0 Å². The van der Waals surface area contributed by atoms with Gasteiger partial charge in [0.1, 0.15) is 17.3 Å². The van der Waals surface area contributed by atoms with Gasteiger partial charge in [-0.15, -0.1) is 0 Å². The highest BCUT2D eigenvalue weighted by Gasteiger charge is 2.23. The van der Waals surface area contributed by atoms with Crippen LogP contribution >= 0.6 is 0 Å². The van der Waals surface area contributed by atoms with E-state index in [1.54, 1.807) is 31.8 Å². The molecule has 27 heavy (non-hydrogen) atoms. The molecule has 0 radical (unpaired) electrons. The molecule has 0 bridgehead atoms. The van der Waals surface area contributed by atoms with Gasteiger partial charge in [0.15, 0.2) is 0 Å². The molecule has 1 fully saturated rings. The lowest BCUT2D eigenvalue weighted by Gasteiger charge is -2.25. The van der Waals surface area contributed by atoms with Gasteiger partial charge in [-0.2, -0.15) is 0 Å². The molecule has 0 atom stereocenters. The zero-order valence-electron chi connectivity index (χ0n) is 15.2. The zero-order chi connectivity index (χ0) is 18.6. The van der Waals surface area contributed by atoms with Crippen molar-refractivity contribution in [2.45, 2.75) is 19.3 Å². The van der Waals surface area contributed by atoms with Crippen molar-refractivity contribution in [2.75, 3.05) is 20.2 Å². The third kappa shape index (κ3) is 3.53. The summed E-state index contributed by atoms with van der Waals surface area (Å²) in [5.74, 6) is 1.82. The summed E-state index contributed by atoms with van der Waals surface area (Å²) in [4.78, 5) is 28.1. The minimum Gasteiger partial charge on any atom is -0.481 e. The third-order valence-electron chi connectivity index (χ3n) is 4.67. The fraction of sp³-hybridized carbons (Fsp3) is 0.300. The molecule has 0 spiro atoms. The van der Waals surface area contributed by atoms with Crippen molar-refractivity contribution >= 4 is 5.91 Å². The van der Waals surface area contributed by atoms with Crippen molar-refractivity contribution in [1.29, 1.82) is 0 Å². The van der Waals surface area contributed by atoms with E-state index in [0.29, 0.717) is 23.2 Å². The fourth-order valence-electron chi connectivity index (χ4n) is 3.25. The van der Waals surface area contributed by atoms with Crippen LogP contribution in [0.4, 0.5) is 0 Å². The molecule has 138 valence electrons. The molecular formula is C20H21N5O2. The van der Waals surface area contributed by atoms with Gasteiger partial charge < -0.3 is 9.64 Å². The van der Waals surface area contributed by atoms with Crippen molar-refractivity contribution in [2.24, 2.45) is 0 Å². The number of aromatic nitrogens is 4. The average Bonchev–Trinajstić information content (AvgIpc) is 3.20. The number of nitrogens with zero attached hydrogens (tertiary/aromatic N) is 5. The number of carbonyl (C=O) groups excluding carboxylic acids is 1. The molecule has 3 aromatic heterocycles. The number of hydrogen-bond donors (Lipinski definition) is 0. The largest absolute Gasteiger partial charge is 0.481 e. The Hall–Kier alpha value is -3.22. The molecule has 1 saturated heterocycles. The first-order chi connectivity index (χ1) is 13.3. The van der Waals surface area contributed by atoms with E-state index in [1.807, 2.05) is 33.7 Å². The lowest BCUT2D eigenvalue weighted by atomic mass is 10.1. The van der Waals surface area contributed by atoms with Crippen LogP contribution in [0.25, 0.3) is 17.2 Å². The Morgan fingerprint density at radius 1 is 1.07 bits per heavy atom. The van der Waals surface area contributed by atoms with Crippen LogP contribution in [0.2, 0.25) is 0 Å². The van der Waals surface area contributed by atoms with E-state index in [9.17, 15) is 4.79 Å². The highest BCUT2D eigenvalue weighted by molar-refractivity contribution is 5.93. The number of likely N-dealkylation sites (tertiary alicyclic amines) is 1. The van der Waals surface area contributed by atoms with Crippen LogP contribution in [-0.4, -0.2) is 50.5 Å². The molecule has 3 aromatic rings. The van der Waals surface area contributed by atoms with Gasteiger partial charge in [0.2, 0.25) is 5.88 Å². The molecule has 4 heterocycles. The van der Waals surface area contributed by atoms with Crippen LogP contribution in [0.1, 0.15) is 29.8 Å². The second-order valence-corrected chi connectivity index (χ2v) is 6.45. The molecule has 1 amide bonds. The number of carbonyl (C=O) groups is 1. The SMILES string of the molecule is COc1ccc(-c2nc(C(=O)N3CCCCC3)cn2-c2ccccn2)cn1. The minimum absolute atomic E-state index is 0.0351. The molecular weight excluding hydrogens is 342 g/mol. The number of pyridine rings is 2. The molecule has 0 aromatic carbocycles. The quantitative estimate of drug-likeness (QED) is 0.712. The molecule has 0 aliphatic carbocycles. The summed E-state index contributed by atoms with van der Waals surface area (Å²) in [5, 5.41) is 0. The van der Waals surface area contributed by atoms with Crippen LogP contribution in [0.5, 0.6) is 5.88 Å². The number of piperidine rings is 1. The van der Waals surface area contributed by atoms with E-state index in [4.69, 9.17) is 4.74 Å². The van der Waals surface area contributed by atoms with Crippen molar-refractivity contribution in [3.63, 3.8) is 0 Å². The molecule has 4 rings (SSSR count). The minimum atomic E-state index is -0.0351. The number of ether oxygens (including phenoxy) is 1. The summed E-state index contributed by atoms with van der Waals surface area (Å²) in [6.07, 6.45) is 8.44. The number of amides is 1. The van der Waals surface area contributed by atoms with E-state index in [-0.39, 0.29) is 5.91 Å². The van der Waals surface area contributed by atoms with Crippen molar-refractivity contribution in [3.05, 3.63) is 54.6 Å². The Morgan fingerprint density at radius 2 is 1.93 bits per heavy atom. The van der Waals surface area contributed by atoms with Gasteiger partial charge in [-0.3, -0.25) is 9.36 Å².